The molecule has 0 aliphatic heterocycles. The van der Waals surface area contributed by atoms with Crippen LogP contribution in [0.5, 0.6) is 0 Å². The van der Waals surface area contributed by atoms with E-state index in [-0.39, 0.29) is 0 Å². The van der Waals surface area contributed by atoms with Crippen LogP contribution in [0.3, 0.4) is 0 Å². The van der Waals surface area contributed by atoms with Crippen molar-refractivity contribution in [3.05, 3.63) is 0 Å². The fraction of sp³-hybridized carbons (Fsp3) is 0. The number of thiol groups is 1. The van der Waals surface area contributed by atoms with Gasteiger partial charge in [-0.3, -0.25) is 9.52 Å². The molecule has 3 N–H and O–H groups in total. The van der Waals surface area contributed by atoms with E-state index in [1.165, 1.54) is 0 Å². The molecule has 1 unspecified atom stereocenters. The van der Waals surface area contributed by atoms with Gasteiger partial charge in [0, 0.05) is 0 Å². The van der Waals surface area contributed by atoms with Gasteiger partial charge in [-0.15, -0.1) is 0 Å². The molecular formula is CH4N2O2S2. The summed E-state index contributed by atoms with van der Waals surface area (Å²) in [5, 5.41) is 3.77. The Morgan fingerprint density at radius 1 is 1.86 bits per heavy atom. The second kappa shape index (κ2) is 3.00. The molecule has 42 valence electrons. The first-order valence-corrected chi connectivity index (χ1v) is 2.94. The summed E-state index contributed by atoms with van der Waals surface area (Å²) >= 11 is 3.28. The molecule has 0 saturated heterocycles. The molecule has 0 aromatic rings. The Balaban J connectivity index is 3.58. The molecule has 0 spiro atoms. The number of carbonyl (C=O) groups is 1. The van der Waals surface area contributed by atoms with E-state index in [1.54, 1.807) is 4.72 Å². The van der Waals surface area contributed by atoms with Crippen LogP contribution in [0.4, 0.5) is 4.79 Å². The highest BCUT2D eigenvalue weighted by Crippen LogP contribution is 1.71. The first kappa shape index (κ1) is 6.93. The van der Waals surface area contributed by atoms with Crippen LogP contribution in [0.15, 0.2) is 0 Å². The van der Waals surface area contributed by atoms with Crippen molar-refractivity contribution in [3.8, 4) is 0 Å². The molecule has 0 aromatic carbocycles. The number of amides is 1. The Morgan fingerprint density at radius 2 is 2.29 bits per heavy atom. The van der Waals surface area contributed by atoms with Crippen LogP contribution in [0, 0.1) is 0 Å². The van der Waals surface area contributed by atoms with Gasteiger partial charge in [0.1, 0.15) is 0 Å². The fourth-order valence-electron chi connectivity index (χ4n) is 0.0450. The molecule has 1 atom stereocenters. The number of nitrogens with one attached hydrogen (secondary N) is 1. The molecule has 0 heterocycles. The second-order valence-corrected chi connectivity index (χ2v) is 1.89. The Kier molecular flexibility index (Phi) is 2.97. The third-order valence-corrected chi connectivity index (χ3v) is 1.10. The minimum Gasteiger partial charge on any atom is -0.290 e. The monoisotopic (exact) mass is 140 g/mol. The molecule has 0 aliphatic rings. The third-order valence-electron chi connectivity index (χ3n) is 0.274. The summed E-state index contributed by atoms with van der Waals surface area (Å²) in [6.07, 6.45) is 0. The van der Waals surface area contributed by atoms with E-state index in [2.05, 4.69) is 18.0 Å². The van der Waals surface area contributed by atoms with Gasteiger partial charge in [-0.2, -0.15) is 0 Å². The van der Waals surface area contributed by atoms with E-state index in [1.807, 2.05) is 0 Å². The van der Waals surface area contributed by atoms with Crippen LogP contribution in [0.1, 0.15) is 0 Å². The largest absolute Gasteiger partial charge is 0.333 e. The van der Waals surface area contributed by atoms with Crippen LogP contribution in [-0.2, 0) is 11.0 Å². The molecular weight excluding hydrogens is 136 g/mol. The normalized spacial score (nSPS) is 12.9. The van der Waals surface area contributed by atoms with Crippen molar-refractivity contribution < 1.29 is 9.00 Å². The van der Waals surface area contributed by atoms with Crippen molar-refractivity contribution in [1.82, 2.24) is 4.72 Å². The van der Waals surface area contributed by atoms with Crippen molar-refractivity contribution in [3.63, 3.8) is 0 Å². The SMILES string of the molecule is NS(=O)C(=O)NS. The lowest BCUT2D eigenvalue weighted by Gasteiger charge is -1.86. The van der Waals surface area contributed by atoms with Crippen molar-refractivity contribution >= 4 is 29.0 Å². The van der Waals surface area contributed by atoms with Crippen molar-refractivity contribution in [2.75, 3.05) is 0 Å². The maximum absolute atomic E-state index is 9.90. The Labute approximate surface area is 48.6 Å². The van der Waals surface area contributed by atoms with Crippen molar-refractivity contribution in [2.24, 2.45) is 5.14 Å². The predicted molar refractivity (Wildman–Crippen MR) is 29.8 cm³/mol. The topological polar surface area (TPSA) is 72.2 Å². The minimum absolute atomic E-state index is 0.789. The summed E-state index contributed by atoms with van der Waals surface area (Å²) in [5.41, 5.74) is 0. The zero-order valence-corrected chi connectivity index (χ0v) is 4.96. The first-order valence-electron chi connectivity index (χ1n) is 1.28. The van der Waals surface area contributed by atoms with Gasteiger partial charge in [0.2, 0.25) is 0 Å². The molecule has 0 bridgehead atoms. The highest BCUT2D eigenvalue weighted by Gasteiger charge is 1.99. The summed E-state index contributed by atoms with van der Waals surface area (Å²) in [5.74, 6) is 0. The van der Waals surface area contributed by atoms with E-state index < -0.39 is 16.2 Å². The van der Waals surface area contributed by atoms with Gasteiger partial charge in [-0.1, -0.05) is 12.8 Å². The van der Waals surface area contributed by atoms with E-state index >= 15 is 0 Å². The van der Waals surface area contributed by atoms with E-state index in [4.69, 9.17) is 0 Å². The number of carbonyl (C=O) groups excluding carboxylic acids is 1. The lowest BCUT2D eigenvalue weighted by Crippen LogP contribution is -2.22. The van der Waals surface area contributed by atoms with Crippen LogP contribution >= 0.6 is 12.8 Å². The van der Waals surface area contributed by atoms with Gasteiger partial charge in [0.05, 0.1) is 0 Å². The number of hydrogen-bond donors (Lipinski definition) is 3. The van der Waals surface area contributed by atoms with Gasteiger partial charge >= 0.3 is 5.24 Å². The summed E-state index contributed by atoms with van der Waals surface area (Å²) < 4.78 is 11.6. The zero-order valence-electron chi connectivity index (χ0n) is 3.25. The molecule has 6 heteroatoms. The van der Waals surface area contributed by atoms with Gasteiger partial charge < -0.3 is 0 Å². The van der Waals surface area contributed by atoms with Crippen LogP contribution in [0.25, 0.3) is 0 Å². The van der Waals surface area contributed by atoms with Gasteiger partial charge in [0.25, 0.3) is 0 Å². The standard InChI is InChI=1S/CH4N2O2S2/c2-7(5)1(4)3-6/h6H,2H2,(H,3,4). The Morgan fingerprint density at radius 3 is 2.29 bits per heavy atom. The Bertz CT molecular complexity index is 102. The molecule has 0 fully saturated rings. The second-order valence-electron chi connectivity index (χ2n) is 0.697. The molecule has 0 aromatic heterocycles. The average Bonchev–Trinajstić information content (AvgIpc) is 1.65. The molecule has 0 saturated carbocycles. The molecule has 0 aliphatic carbocycles. The van der Waals surface area contributed by atoms with E-state index in [0.717, 1.165) is 0 Å². The number of nitrogens with two attached hydrogens (primary N) is 1. The van der Waals surface area contributed by atoms with Crippen molar-refractivity contribution in [1.29, 1.82) is 0 Å². The summed E-state index contributed by atoms with van der Waals surface area (Å²) in [7, 11) is -1.94. The molecule has 4 nitrogen and oxygen atoms in total. The molecule has 0 rings (SSSR count). The molecule has 1 amide bonds. The Hall–Kier alpha value is -0.0700. The average molecular weight is 140 g/mol. The molecule has 0 radical (unpaired) electrons. The lowest BCUT2D eigenvalue weighted by molar-refractivity contribution is 0.264. The maximum Gasteiger partial charge on any atom is 0.333 e. The summed E-state index contributed by atoms with van der Waals surface area (Å²) in [4.78, 5) is 9.90. The molecule has 7 heavy (non-hydrogen) atoms. The minimum atomic E-state index is -1.94. The lowest BCUT2D eigenvalue weighted by atomic mass is 11.5. The van der Waals surface area contributed by atoms with Gasteiger partial charge in [0.15, 0.2) is 11.0 Å². The van der Waals surface area contributed by atoms with Crippen LogP contribution < -0.4 is 9.86 Å². The van der Waals surface area contributed by atoms with E-state index in [0.29, 0.717) is 0 Å². The quantitative estimate of drug-likeness (QED) is 0.384. The summed E-state index contributed by atoms with van der Waals surface area (Å²) in [6, 6.07) is 0. The van der Waals surface area contributed by atoms with Crippen LogP contribution in [-0.4, -0.2) is 9.45 Å². The van der Waals surface area contributed by atoms with Crippen LogP contribution in [0.2, 0.25) is 0 Å². The highest BCUT2D eigenvalue weighted by molar-refractivity contribution is 7.99. The summed E-state index contributed by atoms with van der Waals surface area (Å²) in [6.45, 7) is 0. The fourth-order valence-corrected chi connectivity index (χ4v) is 0.405. The van der Waals surface area contributed by atoms with Gasteiger partial charge in [-0.25, -0.2) is 9.35 Å². The highest BCUT2D eigenvalue weighted by atomic mass is 32.2. The third kappa shape index (κ3) is 2.60. The zero-order chi connectivity index (χ0) is 5.86. The maximum atomic E-state index is 9.90. The number of rotatable bonds is 0. The van der Waals surface area contributed by atoms with E-state index in [9.17, 15) is 9.00 Å². The first-order chi connectivity index (χ1) is 3.18. The predicted octanol–water partition coefficient (Wildman–Crippen LogP) is -0.837. The number of hydrogen-bond acceptors (Lipinski definition) is 3. The van der Waals surface area contributed by atoms with Crippen molar-refractivity contribution in [2.45, 2.75) is 0 Å². The van der Waals surface area contributed by atoms with Gasteiger partial charge in [-0.05, 0) is 0 Å². The smallest absolute Gasteiger partial charge is 0.290 e.